The molecule has 108 valence electrons. The molecule has 2 rings (SSSR count). The lowest BCUT2D eigenvalue weighted by Crippen LogP contribution is -2.46. The number of aliphatic carboxylic acids is 1. The Bertz CT molecular complexity index is 415. The van der Waals surface area contributed by atoms with Gasteiger partial charge in [-0.05, 0) is 26.2 Å². The summed E-state index contributed by atoms with van der Waals surface area (Å²) in [7, 11) is -0.972. The van der Waals surface area contributed by atoms with Crippen LogP contribution in [0.5, 0.6) is 0 Å². The topological polar surface area (TPSA) is 86.7 Å². The number of hydrogen-bond donors (Lipinski definition) is 2. The number of carboxylic acid groups (broad SMARTS) is 1. The molecule has 2 N–H and O–H groups in total. The van der Waals surface area contributed by atoms with E-state index in [1.165, 1.54) is 0 Å². The first kappa shape index (κ1) is 14.3. The van der Waals surface area contributed by atoms with Gasteiger partial charge in [0.1, 0.15) is 0 Å². The molecule has 7 heteroatoms. The molecule has 19 heavy (non-hydrogen) atoms. The Balaban J connectivity index is 1.94. The second kappa shape index (κ2) is 5.48. The van der Waals surface area contributed by atoms with Crippen molar-refractivity contribution in [2.24, 2.45) is 5.92 Å². The minimum Gasteiger partial charge on any atom is -0.481 e. The predicted molar refractivity (Wildman–Crippen MR) is 71.3 cm³/mol. The molecule has 0 aromatic rings. The van der Waals surface area contributed by atoms with E-state index in [-0.39, 0.29) is 23.4 Å². The van der Waals surface area contributed by atoms with Crippen LogP contribution in [-0.4, -0.2) is 56.3 Å². The molecular formula is C12H20N2O4S. The summed E-state index contributed by atoms with van der Waals surface area (Å²) in [4.78, 5) is 24.9. The van der Waals surface area contributed by atoms with Gasteiger partial charge >= 0.3 is 12.0 Å². The first-order valence-corrected chi connectivity index (χ1v) is 8.15. The highest BCUT2D eigenvalue weighted by Crippen LogP contribution is 2.41. The highest BCUT2D eigenvalue weighted by molar-refractivity contribution is 7.84. The highest BCUT2D eigenvalue weighted by Gasteiger charge is 2.51. The van der Waals surface area contributed by atoms with Crippen molar-refractivity contribution in [2.75, 3.05) is 12.8 Å². The van der Waals surface area contributed by atoms with Crippen molar-refractivity contribution in [3.8, 4) is 0 Å². The van der Waals surface area contributed by atoms with Gasteiger partial charge in [0.25, 0.3) is 0 Å². The molecule has 0 radical (unpaired) electrons. The number of rotatable bonds is 4. The van der Waals surface area contributed by atoms with Gasteiger partial charge in [-0.3, -0.25) is 9.00 Å². The van der Waals surface area contributed by atoms with Crippen LogP contribution in [0, 0.1) is 5.92 Å². The third-order valence-electron chi connectivity index (χ3n) is 4.20. The van der Waals surface area contributed by atoms with Gasteiger partial charge in [0, 0.05) is 40.9 Å². The number of carboxylic acids is 1. The van der Waals surface area contributed by atoms with E-state index in [0.717, 1.165) is 12.8 Å². The van der Waals surface area contributed by atoms with E-state index in [1.54, 1.807) is 11.2 Å². The van der Waals surface area contributed by atoms with Crippen LogP contribution in [0.2, 0.25) is 0 Å². The zero-order valence-corrected chi connectivity index (χ0v) is 12.0. The number of nitrogens with zero attached hydrogens (tertiary/aromatic N) is 1. The summed E-state index contributed by atoms with van der Waals surface area (Å²) >= 11 is 0. The number of amides is 2. The van der Waals surface area contributed by atoms with Crippen molar-refractivity contribution in [2.45, 2.75) is 43.5 Å². The van der Waals surface area contributed by atoms with Crippen LogP contribution >= 0.6 is 0 Å². The molecule has 2 saturated heterocycles. The predicted octanol–water partition coefficient (Wildman–Crippen LogP) is 0.401. The van der Waals surface area contributed by atoms with Gasteiger partial charge in [0.05, 0.1) is 5.92 Å². The number of nitrogens with one attached hydrogen (secondary N) is 1. The monoisotopic (exact) mass is 288 g/mol. The summed E-state index contributed by atoms with van der Waals surface area (Å²) in [5, 5.41) is 11.8. The normalized spacial score (nSPS) is 32.1. The molecule has 2 aliphatic rings. The van der Waals surface area contributed by atoms with Crippen LogP contribution in [0.25, 0.3) is 0 Å². The number of urea groups is 1. The van der Waals surface area contributed by atoms with Crippen LogP contribution in [0.4, 0.5) is 4.79 Å². The fourth-order valence-corrected chi connectivity index (χ4v) is 3.33. The maximum atomic E-state index is 12.1. The van der Waals surface area contributed by atoms with Crippen LogP contribution < -0.4 is 5.32 Å². The quantitative estimate of drug-likeness (QED) is 0.784. The minimum absolute atomic E-state index is 0.0496. The summed E-state index contributed by atoms with van der Waals surface area (Å²) in [6, 6.07) is -0.341. The summed E-state index contributed by atoms with van der Waals surface area (Å²) < 4.78 is 11.2. The average Bonchev–Trinajstić information content (AvgIpc) is 2.92. The number of carbonyl (C=O) groups is 2. The van der Waals surface area contributed by atoms with E-state index >= 15 is 0 Å². The Morgan fingerprint density at radius 3 is 2.68 bits per heavy atom. The Hall–Kier alpha value is -1.11. The minimum atomic E-state index is -0.972. The number of hydrogen-bond acceptors (Lipinski definition) is 3. The smallest absolute Gasteiger partial charge is 0.317 e. The molecule has 0 aromatic heterocycles. The van der Waals surface area contributed by atoms with Crippen molar-refractivity contribution in [3.63, 3.8) is 0 Å². The van der Waals surface area contributed by atoms with Gasteiger partial charge < -0.3 is 15.3 Å². The Kier molecular flexibility index (Phi) is 4.13. The van der Waals surface area contributed by atoms with E-state index in [4.69, 9.17) is 5.11 Å². The molecule has 2 bridgehead atoms. The maximum Gasteiger partial charge on any atom is 0.317 e. The van der Waals surface area contributed by atoms with Crippen molar-refractivity contribution in [1.29, 1.82) is 0 Å². The van der Waals surface area contributed by atoms with E-state index in [0.29, 0.717) is 13.0 Å². The average molecular weight is 288 g/mol. The fourth-order valence-electron chi connectivity index (χ4n) is 3.01. The Morgan fingerprint density at radius 1 is 1.47 bits per heavy atom. The Labute approximate surface area is 115 Å². The van der Waals surface area contributed by atoms with Crippen LogP contribution in [0.15, 0.2) is 0 Å². The van der Waals surface area contributed by atoms with Gasteiger partial charge in [-0.2, -0.15) is 0 Å². The van der Waals surface area contributed by atoms with Crippen LogP contribution in [0.1, 0.15) is 26.2 Å². The first-order chi connectivity index (χ1) is 8.91. The lowest BCUT2D eigenvalue weighted by atomic mass is 9.89. The highest BCUT2D eigenvalue weighted by atomic mass is 32.2. The molecule has 5 atom stereocenters. The molecule has 2 amide bonds. The summed E-state index contributed by atoms with van der Waals surface area (Å²) in [6.45, 7) is 2.17. The Morgan fingerprint density at radius 2 is 2.16 bits per heavy atom. The van der Waals surface area contributed by atoms with Crippen molar-refractivity contribution in [3.05, 3.63) is 0 Å². The largest absolute Gasteiger partial charge is 0.481 e. The van der Waals surface area contributed by atoms with Crippen molar-refractivity contribution < 1.29 is 18.9 Å². The molecule has 0 aromatic carbocycles. The van der Waals surface area contributed by atoms with E-state index in [2.05, 4.69) is 5.32 Å². The molecule has 0 saturated carbocycles. The summed E-state index contributed by atoms with van der Waals surface area (Å²) in [6.07, 6.45) is 3.82. The van der Waals surface area contributed by atoms with Crippen molar-refractivity contribution in [1.82, 2.24) is 10.2 Å². The van der Waals surface area contributed by atoms with Gasteiger partial charge in [-0.15, -0.1) is 0 Å². The first-order valence-electron chi connectivity index (χ1n) is 6.53. The molecule has 5 unspecified atom stereocenters. The summed E-state index contributed by atoms with van der Waals surface area (Å²) in [5.41, 5.74) is 0. The molecule has 0 spiro atoms. The third-order valence-corrected chi connectivity index (χ3v) is 5.50. The molecule has 0 aliphatic carbocycles. The molecular weight excluding hydrogens is 268 g/mol. The van der Waals surface area contributed by atoms with E-state index in [1.807, 2.05) is 6.92 Å². The standard InChI is InChI=1S/C12H20N2O4S/c1-7(19(2)18)6-13-12(17)14-8-3-4-10(14)9(5-8)11(15)16/h7-10H,3-6H2,1-2H3,(H,13,17)(H,15,16). The zero-order valence-electron chi connectivity index (χ0n) is 11.2. The molecule has 2 aliphatic heterocycles. The molecule has 2 heterocycles. The SMILES string of the molecule is CC(CNC(=O)N1C2CCC1C(C(=O)O)C2)S(C)=O. The maximum absolute atomic E-state index is 12.1. The van der Waals surface area contributed by atoms with Gasteiger partial charge in [0.2, 0.25) is 0 Å². The number of carbonyl (C=O) groups excluding carboxylic acids is 1. The second-order valence-corrected chi connectivity index (χ2v) is 7.18. The molecule has 2 fully saturated rings. The van der Waals surface area contributed by atoms with Gasteiger partial charge in [-0.25, -0.2) is 4.79 Å². The second-order valence-electron chi connectivity index (χ2n) is 5.38. The molecule has 6 nitrogen and oxygen atoms in total. The van der Waals surface area contributed by atoms with Gasteiger partial charge in [-0.1, -0.05) is 0 Å². The zero-order chi connectivity index (χ0) is 14.2. The lowest BCUT2D eigenvalue weighted by Gasteiger charge is -2.24. The van der Waals surface area contributed by atoms with E-state index < -0.39 is 22.7 Å². The van der Waals surface area contributed by atoms with Crippen LogP contribution in [0.3, 0.4) is 0 Å². The van der Waals surface area contributed by atoms with Crippen LogP contribution in [-0.2, 0) is 15.6 Å². The third kappa shape index (κ3) is 2.75. The van der Waals surface area contributed by atoms with Crippen molar-refractivity contribution >= 4 is 22.8 Å². The van der Waals surface area contributed by atoms with Gasteiger partial charge in [0.15, 0.2) is 0 Å². The number of fused-ring (bicyclic) bond motifs is 2. The van der Waals surface area contributed by atoms with E-state index in [9.17, 15) is 13.8 Å². The fraction of sp³-hybridized carbons (Fsp3) is 0.833. The lowest BCUT2D eigenvalue weighted by molar-refractivity contribution is -0.142. The summed E-state index contributed by atoms with van der Waals surface area (Å²) in [5.74, 6) is -1.24.